The van der Waals surface area contributed by atoms with E-state index in [1.165, 1.54) is 0 Å². The number of ether oxygens (including phenoxy) is 2. The van der Waals surface area contributed by atoms with Gasteiger partial charge in [0.05, 0.1) is 20.5 Å². The summed E-state index contributed by atoms with van der Waals surface area (Å²) >= 11 is 6.18. The Morgan fingerprint density at radius 2 is 1.76 bits per heavy atom. The summed E-state index contributed by atoms with van der Waals surface area (Å²) < 4.78 is 16.9. The first kappa shape index (κ1) is 23.5. The number of rotatable bonds is 6. The minimum atomic E-state index is -0.245. The number of methoxy groups -OCH3 is 2. The molecule has 0 saturated heterocycles. The molecule has 1 aromatic heterocycles. The van der Waals surface area contributed by atoms with Crippen molar-refractivity contribution in [3.8, 4) is 22.6 Å². The molecule has 0 saturated carbocycles. The molecule has 0 radical (unpaired) electrons. The van der Waals surface area contributed by atoms with Gasteiger partial charge in [0.25, 0.3) is 0 Å². The molecule has 0 aliphatic rings. The average molecular weight is 476 g/mol. The van der Waals surface area contributed by atoms with Gasteiger partial charge in [-0.25, -0.2) is 0 Å². The fourth-order valence-corrected chi connectivity index (χ4v) is 4.23. The van der Waals surface area contributed by atoms with Crippen molar-refractivity contribution in [1.29, 1.82) is 0 Å². The summed E-state index contributed by atoms with van der Waals surface area (Å²) in [6.45, 7) is 5.71. The molecule has 0 fully saturated rings. The number of amides is 1. The number of anilines is 1. The molecule has 0 unspecified atom stereocenters. The third-order valence-corrected chi connectivity index (χ3v) is 6.36. The normalized spacial score (nSPS) is 11.5. The van der Waals surface area contributed by atoms with Crippen LogP contribution in [0.25, 0.3) is 27.7 Å². The Morgan fingerprint density at radius 3 is 2.44 bits per heavy atom. The number of benzene rings is 3. The lowest BCUT2D eigenvalue weighted by Gasteiger charge is -2.14. The summed E-state index contributed by atoms with van der Waals surface area (Å²) in [7, 11) is 3.26. The minimum Gasteiger partial charge on any atom is -0.497 e. The zero-order valence-electron chi connectivity index (χ0n) is 19.8. The fraction of sp³-hybridized carbons (Fsp3) is 0.179. The Bertz CT molecular complexity index is 1400. The third kappa shape index (κ3) is 4.39. The monoisotopic (exact) mass is 475 g/mol. The van der Waals surface area contributed by atoms with Crippen molar-refractivity contribution >= 4 is 39.7 Å². The lowest BCUT2D eigenvalue weighted by atomic mass is 9.96. The van der Waals surface area contributed by atoms with Crippen molar-refractivity contribution < 1.29 is 18.7 Å². The van der Waals surface area contributed by atoms with Gasteiger partial charge in [-0.2, -0.15) is 0 Å². The van der Waals surface area contributed by atoms with Crippen molar-refractivity contribution in [2.45, 2.75) is 20.8 Å². The van der Waals surface area contributed by atoms with Crippen molar-refractivity contribution in [2.24, 2.45) is 0 Å². The summed E-state index contributed by atoms with van der Waals surface area (Å²) in [6.07, 6.45) is 3.31. The number of carbonyl (C=O) groups excluding carboxylic acids is 1. The van der Waals surface area contributed by atoms with Crippen LogP contribution in [0.2, 0.25) is 5.02 Å². The van der Waals surface area contributed by atoms with Crippen LogP contribution in [-0.2, 0) is 4.79 Å². The molecule has 0 spiro atoms. The number of carbonyl (C=O) groups is 1. The van der Waals surface area contributed by atoms with E-state index in [0.29, 0.717) is 16.5 Å². The lowest BCUT2D eigenvalue weighted by molar-refractivity contribution is -0.111. The maximum Gasteiger partial charge on any atom is 0.248 e. The van der Waals surface area contributed by atoms with Crippen molar-refractivity contribution in [1.82, 2.24) is 0 Å². The van der Waals surface area contributed by atoms with Crippen LogP contribution in [0.5, 0.6) is 11.5 Å². The van der Waals surface area contributed by atoms with Crippen LogP contribution in [0.3, 0.4) is 0 Å². The molecule has 0 atom stereocenters. The summed E-state index contributed by atoms with van der Waals surface area (Å²) in [5.74, 6) is 1.21. The number of allylic oxidation sites excluding steroid dienone is 1. The molecule has 4 rings (SSSR count). The molecule has 5 nitrogen and oxygen atoms in total. The molecule has 1 N–H and O–H groups in total. The lowest BCUT2D eigenvalue weighted by Crippen LogP contribution is -2.10. The van der Waals surface area contributed by atoms with Gasteiger partial charge in [0.2, 0.25) is 5.91 Å². The molecule has 1 heterocycles. The van der Waals surface area contributed by atoms with Crippen molar-refractivity contribution in [3.05, 3.63) is 82.6 Å². The largest absolute Gasteiger partial charge is 0.497 e. The quantitative estimate of drug-likeness (QED) is 0.294. The number of nitrogens with one attached hydrogen (secondary N) is 1. The van der Waals surface area contributed by atoms with E-state index >= 15 is 0 Å². The Labute approximate surface area is 203 Å². The molecule has 6 heteroatoms. The van der Waals surface area contributed by atoms with Crippen LogP contribution >= 0.6 is 11.6 Å². The third-order valence-electron chi connectivity index (χ3n) is 5.95. The van der Waals surface area contributed by atoms with Gasteiger partial charge in [0.15, 0.2) is 0 Å². The van der Waals surface area contributed by atoms with E-state index in [-0.39, 0.29) is 5.91 Å². The molecular formula is C28H26ClNO4. The highest BCUT2D eigenvalue weighted by atomic mass is 35.5. The number of furan rings is 1. The molecule has 0 bridgehead atoms. The second-order valence-electron chi connectivity index (χ2n) is 8.07. The van der Waals surface area contributed by atoms with Crippen LogP contribution in [0.4, 0.5) is 5.69 Å². The van der Waals surface area contributed by atoms with Gasteiger partial charge in [-0.3, -0.25) is 4.79 Å². The first-order chi connectivity index (χ1) is 16.3. The summed E-state index contributed by atoms with van der Waals surface area (Å²) in [5, 5.41) is 4.46. The molecule has 174 valence electrons. The Kier molecular flexibility index (Phi) is 6.66. The molecule has 4 aromatic rings. The van der Waals surface area contributed by atoms with Gasteiger partial charge in [0.1, 0.15) is 17.1 Å². The minimum absolute atomic E-state index is 0.245. The van der Waals surface area contributed by atoms with Gasteiger partial charge in [-0.1, -0.05) is 29.8 Å². The number of halogens is 1. The van der Waals surface area contributed by atoms with Crippen LogP contribution < -0.4 is 14.8 Å². The summed E-state index contributed by atoms with van der Waals surface area (Å²) in [6, 6.07) is 15.2. The van der Waals surface area contributed by atoms with Gasteiger partial charge < -0.3 is 19.2 Å². The van der Waals surface area contributed by atoms with E-state index in [0.717, 1.165) is 50.1 Å². The van der Waals surface area contributed by atoms with E-state index in [9.17, 15) is 4.79 Å². The highest BCUT2D eigenvalue weighted by molar-refractivity contribution is 6.31. The molecule has 0 aliphatic carbocycles. The number of aryl methyl sites for hydroxylation is 1. The van der Waals surface area contributed by atoms with Gasteiger partial charge in [-0.05, 0) is 67.8 Å². The number of fused-ring (bicyclic) bond motifs is 1. The molecule has 34 heavy (non-hydrogen) atoms. The van der Waals surface area contributed by atoms with Crippen LogP contribution in [0, 0.1) is 13.8 Å². The highest BCUT2D eigenvalue weighted by Gasteiger charge is 2.19. The van der Waals surface area contributed by atoms with Crippen LogP contribution in [0.15, 0.2) is 65.3 Å². The smallest absolute Gasteiger partial charge is 0.248 e. The van der Waals surface area contributed by atoms with E-state index in [1.807, 2.05) is 57.2 Å². The Morgan fingerprint density at radius 1 is 1.03 bits per heavy atom. The Balaban J connectivity index is 1.75. The number of hydrogen-bond acceptors (Lipinski definition) is 4. The van der Waals surface area contributed by atoms with Gasteiger partial charge in [-0.15, -0.1) is 0 Å². The molecule has 0 aliphatic heterocycles. The zero-order chi connectivity index (χ0) is 24.4. The molecule has 3 aromatic carbocycles. The van der Waals surface area contributed by atoms with E-state index in [4.69, 9.17) is 25.5 Å². The van der Waals surface area contributed by atoms with Gasteiger partial charge in [0, 0.05) is 38.9 Å². The maximum absolute atomic E-state index is 12.8. The molecule has 1 amide bonds. The second kappa shape index (κ2) is 9.65. The summed E-state index contributed by atoms with van der Waals surface area (Å²) in [4.78, 5) is 12.8. The zero-order valence-corrected chi connectivity index (χ0v) is 20.5. The van der Waals surface area contributed by atoms with E-state index < -0.39 is 0 Å². The van der Waals surface area contributed by atoms with E-state index in [2.05, 4.69) is 5.32 Å². The standard InChI is InChI=1S/C28H26ClNO4/c1-16(13-26(31)30-25-8-6-7-24(29)17(25)2)21-14-22-23(19-9-11-20(32-4)12-10-19)15-34-28(22)18(3)27(21)33-5/h6-15H,1-5H3,(H,30,31)/b16-13+. The topological polar surface area (TPSA) is 60.7 Å². The SMILES string of the molecule is COc1ccc(-c2coc3c(C)c(OC)c(/C(C)=C/C(=O)Nc4cccc(Cl)c4C)cc23)cc1. The summed E-state index contributed by atoms with van der Waals surface area (Å²) in [5.41, 5.74) is 6.66. The predicted octanol–water partition coefficient (Wildman–Crippen LogP) is 7.43. The highest BCUT2D eigenvalue weighted by Crippen LogP contribution is 2.40. The maximum atomic E-state index is 12.8. The van der Waals surface area contributed by atoms with Crippen LogP contribution in [-0.4, -0.2) is 20.1 Å². The van der Waals surface area contributed by atoms with Crippen LogP contribution in [0.1, 0.15) is 23.6 Å². The first-order valence-corrected chi connectivity index (χ1v) is 11.2. The number of hydrogen-bond donors (Lipinski definition) is 1. The fourth-order valence-electron chi connectivity index (χ4n) is 4.05. The molecular weight excluding hydrogens is 450 g/mol. The van der Waals surface area contributed by atoms with E-state index in [1.54, 1.807) is 38.7 Å². The first-order valence-electron chi connectivity index (χ1n) is 10.8. The second-order valence-corrected chi connectivity index (χ2v) is 8.47. The average Bonchev–Trinajstić information content (AvgIpc) is 3.26. The Hall–Kier alpha value is -3.70. The van der Waals surface area contributed by atoms with Crippen molar-refractivity contribution in [3.63, 3.8) is 0 Å². The predicted molar refractivity (Wildman–Crippen MR) is 138 cm³/mol. The van der Waals surface area contributed by atoms with Crippen molar-refractivity contribution in [2.75, 3.05) is 19.5 Å². The van der Waals surface area contributed by atoms with Gasteiger partial charge >= 0.3 is 0 Å².